The number of hydrogen-bond donors (Lipinski definition) is 0. The molecule has 38 heavy (non-hydrogen) atoms. The highest BCUT2D eigenvalue weighted by atomic mass is 32.2. The molecule has 0 saturated carbocycles. The number of aryl methyl sites for hydroxylation is 1. The van der Waals surface area contributed by atoms with Crippen LogP contribution in [0.5, 0.6) is 0 Å². The highest BCUT2D eigenvalue weighted by Crippen LogP contribution is 2.35. The summed E-state index contributed by atoms with van der Waals surface area (Å²) in [6.45, 7) is 11.4. The molecule has 0 bridgehead atoms. The average molecular weight is 530 g/mol. The van der Waals surface area contributed by atoms with E-state index in [1.54, 1.807) is 54.6 Å². The predicted octanol–water partition coefficient (Wildman–Crippen LogP) is 6.25. The van der Waals surface area contributed by atoms with Gasteiger partial charge in [0.25, 0.3) is 0 Å². The Bertz CT molecular complexity index is 1390. The van der Waals surface area contributed by atoms with E-state index in [-0.39, 0.29) is 23.8 Å². The summed E-state index contributed by atoms with van der Waals surface area (Å²) in [5, 5.41) is 0. The van der Waals surface area contributed by atoms with Gasteiger partial charge < -0.3 is 4.74 Å². The Morgan fingerprint density at radius 3 is 2.11 bits per heavy atom. The van der Waals surface area contributed by atoms with Crippen LogP contribution in [-0.4, -0.2) is 36.9 Å². The zero-order valence-electron chi connectivity index (χ0n) is 22.4. The fourth-order valence-electron chi connectivity index (χ4n) is 4.47. The third kappa shape index (κ3) is 6.61. The molecule has 5 nitrogen and oxygen atoms in total. The van der Waals surface area contributed by atoms with Crippen LogP contribution in [0.3, 0.4) is 0 Å². The van der Waals surface area contributed by atoms with Crippen LogP contribution in [0.25, 0.3) is 0 Å². The van der Waals surface area contributed by atoms with Crippen molar-refractivity contribution < 1.29 is 17.9 Å². The minimum Gasteiger partial charge on any atom is -0.440 e. The zero-order valence-corrected chi connectivity index (χ0v) is 23.2. The lowest BCUT2D eigenvalue weighted by Gasteiger charge is -2.43. The van der Waals surface area contributed by atoms with Crippen molar-refractivity contribution in [1.29, 1.82) is 0 Å². The summed E-state index contributed by atoms with van der Waals surface area (Å²) >= 11 is 0. The van der Waals surface area contributed by atoms with Gasteiger partial charge in [-0.15, -0.1) is 6.58 Å². The van der Waals surface area contributed by atoms with Crippen molar-refractivity contribution in [2.45, 2.75) is 50.7 Å². The van der Waals surface area contributed by atoms with Crippen molar-refractivity contribution in [2.75, 3.05) is 6.54 Å². The highest BCUT2D eigenvalue weighted by molar-refractivity contribution is 7.89. The van der Waals surface area contributed by atoms with Crippen molar-refractivity contribution in [1.82, 2.24) is 4.31 Å². The van der Waals surface area contributed by atoms with Crippen LogP contribution in [0.1, 0.15) is 48.7 Å². The summed E-state index contributed by atoms with van der Waals surface area (Å²) in [4.78, 5) is 13.6. The van der Waals surface area contributed by atoms with E-state index >= 15 is 0 Å². The Labute approximate surface area is 227 Å². The first-order valence-electron chi connectivity index (χ1n) is 12.7. The number of carbonyl (C=O) groups is 1. The fourth-order valence-corrected chi connectivity index (χ4v) is 6.23. The molecule has 0 aromatic heterocycles. The number of carbonyl (C=O) groups excluding carboxylic acids is 1. The SMILES string of the molecule is C=CCN([C@@H](C(C)C)[C@@](C#Cc1ccccc1)(CC)OC(=O)c1ccccc1)S(=O)(=O)c1ccc(C)cc1. The second-order valence-electron chi connectivity index (χ2n) is 9.48. The van der Waals surface area contributed by atoms with Gasteiger partial charge in [-0.2, -0.15) is 4.31 Å². The fraction of sp³-hybridized carbons (Fsp3) is 0.281. The quantitative estimate of drug-likeness (QED) is 0.177. The van der Waals surface area contributed by atoms with Crippen molar-refractivity contribution in [2.24, 2.45) is 5.92 Å². The summed E-state index contributed by atoms with van der Waals surface area (Å²) in [6, 6.07) is 23.9. The molecule has 0 aliphatic carbocycles. The van der Waals surface area contributed by atoms with Gasteiger partial charge in [0.2, 0.25) is 10.0 Å². The van der Waals surface area contributed by atoms with E-state index in [0.29, 0.717) is 5.56 Å². The summed E-state index contributed by atoms with van der Waals surface area (Å²) in [5.74, 6) is 5.55. The van der Waals surface area contributed by atoms with Crippen molar-refractivity contribution in [3.8, 4) is 11.8 Å². The lowest BCUT2D eigenvalue weighted by Crippen LogP contribution is -2.58. The molecule has 0 amide bonds. The minimum atomic E-state index is -4.00. The van der Waals surface area contributed by atoms with Crippen LogP contribution in [0.4, 0.5) is 0 Å². The van der Waals surface area contributed by atoms with E-state index in [0.717, 1.165) is 11.1 Å². The molecule has 3 aromatic carbocycles. The van der Waals surface area contributed by atoms with E-state index in [2.05, 4.69) is 18.4 Å². The predicted molar refractivity (Wildman–Crippen MR) is 152 cm³/mol. The summed E-state index contributed by atoms with van der Waals surface area (Å²) < 4.78 is 35.7. The molecule has 0 spiro atoms. The molecule has 198 valence electrons. The second-order valence-corrected chi connectivity index (χ2v) is 11.4. The third-order valence-electron chi connectivity index (χ3n) is 6.36. The first-order valence-corrected chi connectivity index (χ1v) is 14.1. The van der Waals surface area contributed by atoms with E-state index in [9.17, 15) is 13.2 Å². The first kappa shape index (κ1) is 28.9. The van der Waals surface area contributed by atoms with Gasteiger partial charge >= 0.3 is 5.97 Å². The van der Waals surface area contributed by atoms with Gasteiger partial charge in [0, 0.05) is 12.1 Å². The maximum Gasteiger partial charge on any atom is 0.339 e. The summed E-state index contributed by atoms with van der Waals surface area (Å²) in [5.41, 5.74) is 0.608. The molecule has 0 saturated heterocycles. The number of rotatable bonds is 10. The molecule has 0 heterocycles. The van der Waals surface area contributed by atoms with Crippen molar-refractivity contribution in [3.05, 3.63) is 114 Å². The van der Waals surface area contributed by atoms with Crippen LogP contribution in [0.15, 0.2) is 102 Å². The van der Waals surface area contributed by atoms with Gasteiger partial charge in [0.05, 0.1) is 16.5 Å². The smallest absolute Gasteiger partial charge is 0.339 e. The number of ether oxygens (including phenoxy) is 1. The standard InChI is InChI=1S/C32H35NO4S/c1-6-24-33(38(35,36)29-20-18-26(5)19-21-29)30(25(3)4)32(7-2,23-22-27-14-10-8-11-15-27)37-31(34)28-16-12-9-13-17-28/h6,8-21,25,30H,1,7,24H2,2-5H3/t30-,32-/m0/s1. The Balaban J connectivity index is 2.22. The molecule has 0 N–H and O–H groups in total. The van der Waals surface area contributed by atoms with Crippen LogP contribution in [-0.2, 0) is 14.8 Å². The van der Waals surface area contributed by atoms with Gasteiger partial charge in [-0.3, -0.25) is 0 Å². The van der Waals surface area contributed by atoms with Gasteiger partial charge in [-0.25, -0.2) is 13.2 Å². The minimum absolute atomic E-state index is 0.0245. The summed E-state index contributed by atoms with van der Waals surface area (Å²) in [6.07, 6.45) is 1.82. The molecular formula is C32H35NO4S. The van der Waals surface area contributed by atoms with Crippen LogP contribution >= 0.6 is 0 Å². The van der Waals surface area contributed by atoms with E-state index in [1.807, 2.05) is 64.1 Å². The molecule has 0 fully saturated rings. The normalized spacial score (nSPS) is 13.7. The number of nitrogens with zero attached hydrogens (tertiary/aromatic N) is 1. The maximum absolute atomic E-state index is 14.1. The van der Waals surface area contributed by atoms with E-state index in [1.165, 1.54) is 4.31 Å². The molecule has 0 aliphatic heterocycles. The Morgan fingerprint density at radius 2 is 1.58 bits per heavy atom. The third-order valence-corrected chi connectivity index (χ3v) is 8.22. The molecular weight excluding hydrogens is 494 g/mol. The molecule has 0 radical (unpaired) electrons. The highest BCUT2D eigenvalue weighted by Gasteiger charge is 2.48. The van der Waals surface area contributed by atoms with Crippen LogP contribution < -0.4 is 0 Å². The van der Waals surface area contributed by atoms with Gasteiger partial charge in [0.15, 0.2) is 5.60 Å². The lowest BCUT2D eigenvalue weighted by atomic mass is 9.83. The summed E-state index contributed by atoms with van der Waals surface area (Å²) in [7, 11) is -4.00. The Hall–Kier alpha value is -3.66. The van der Waals surface area contributed by atoms with Gasteiger partial charge in [0.1, 0.15) is 0 Å². The molecule has 0 aliphatic rings. The van der Waals surface area contributed by atoms with Crippen LogP contribution in [0.2, 0.25) is 0 Å². The average Bonchev–Trinajstić information content (AvgIpc) is 2.92. The Morgan fingerprint density at radius 1 is 1.00 bits per heavy atom. The maximum atomic E-state index is 14.1. The van der Waals surface area contributed by atoms with Crippen molar-refractivity contribution >= 4 is 16.0 Å². The van der Waals surface area contributed by atoms with Gasteiger partial charge in [-0.1, -0.05) is 86.9 Å². The number of sulfonamides is 1. The largest absolute Gasteiger partial charge is 0.440 e. The zero-order chi connectivity index (χ0) is 27.8. The van der Waals surface area contributed by atoms with E-state index in [4.69, 9.17) is 4.74 Å². The first-order chi connectivity index (χ1) is 18.1. The number of benzene rings is 3. The molecule has 6 heteroatoms. The monoisotopic (exact) mass is 529 g/mol. The second kappa shape index (κ2) is 12.7. The van der Waals surface area contributed by atoms with Crippen LogP contribution in [0, 0.1) is 24.7 Å². The van der Waals surface area contributed by atoms with E-state index < -0.39 is 27.6 Å². The topological polar surface area (TPSA) is 63.7 Å². The molecule has 0 unspecified atom stereocenters. The lowest BCUT2D eigenvalue weighted by molar-refractivity contribution is -0.0325. The molecule has 3 aromatic rings. The molecule has 2 atom stereocenters. The Kier molecular flexibility index (Phi) is 9.68. The number of esters is 1. The van der Waals surface area contributed by atoms with Crippen molar-refractivity contribution in [3.63, 3.8) is 0 Å². The number of hydrogen-bond acceptors (Lipinski definition) is 4. The van der Waals surface area contributed by atoms with Gasteiger partial charge in [-0.05, 0) is 61.6 Å². The molecule has 3 rings (SSSR count).